The number of aliphatic hydroxyl groups is 1. The summed E-state index contributed by atoms with van der Waals surface area (Å²) in [5.41, 5.74) is 1.08. The van der Waals surface area contributed by atoms with Crippen molar-refractivity contribution in [2.24, 2.45) is 0 Å². The molecule has 0 radical (unpaired) electrons. The molecule has 0 saturated heterocycles. The van der Waals surface area contributed by atoms with Gasteiger partial charge in [0.25, 0.3) is 0 Å². The molecule has 4 heteroatoms. The third-order valence-corrected chi connectivity index (χ3v) is 2.91. The summed E-state index contributed by atoms with van der Waals surface area (Å²) >= 11 is 5.74. The SMILES string of the molecule is OCCCNc1ccc(I)cc1Br. The van der Waals surface area contributed by atoms with Gasteiger partial charge in [-0.3, -0.25) is 0 Å². The minimum atomic E-state index is 0.231. The predicted molar refractivity (Wildman–Crippen MR) is 67.1 cm³/mol. The molecule has 1 aromatic carbocycles. The lowest BCUT2D eigenvalue weighted by Gasteiger charge is -2.07. The molecule has 0 fully saturated rings. The van der Waals surface area contributed by atoms with E-state index in [4.69, 9.17) is 5.11 Å². The summed E-state index contributed by atoms with van der Waals surface area (Å²) in [5, 5.41) is 11.8. The van der Waals surface area contributed by atoms with Gasteiger partial charge in [0.15, 0.2) is 0 Å². The van der Waals surface area contributed by atoms with E-state index in [1.165, 1.54) is 3.57 Å². The average Bonchev–Trinajstić information content (AvgIpc) is 2.09. The van der Waals surface area contributed by atoms with Gasteiger partial charge in [0.1, 0.15) is 0 Å². The number of hydrogen-bond acceptors (Lipinski definition) is 2. The van der Waals surface area contributed by atoms with Gasteiger partial charge in [0, 0.05) is 26.9 Å². The Morgan fingerprint density at radius 3 is 2.85 bits per heavy atom. The highest BCUT2D eigenvalue weighted by Gasteiger charge is 1.98. The maximum atomic E-state index is 8.60. The van der Waals surface area contributed by atoms with E-state index in [0.29, 0.717) is 0 Å². The molecule has 2 nitrogen and oxygen atoms in total. The first-order valence-corrected chi connectivity index (χ1v) is 5.91. The second-order valence-corrected chi connectivity index (χ2v) is 4.73. The molecule has 0 aromatic heterocycles. The van der Waals surface area contributed by atoms with E-state index in [9.17, 15) is 0 Å². The lowest BCUT2D eigenvalue weighted by Crippen LogP contribution is -2.03. The highest BCUT2D eigenvalue weighted by Crippen LogP contribution is 2.24. The zero-order chi connectivity index (χ0) is 9.68. The Hall–Kier alpha value is 0.190. The van der Waals surface area contributed by atoms with Crippen molar-refractivity contribution in [2.45, 2.75) is 6.42 Å². The van der Waals surface area contributed by atoms with Crippen molar-refractivity contribution in [3.63, 3.8) is 0 Å². The Balaban J connectivity index is 2.56. The molecule has 0 aliphatic carbocycles. The molecule has 0 aliphatic rings. The molecular weight excluding hydrogens is 345 g/mol. The van der Waals surface area contributed by atoms with Gasteiger partial charge in [-0.05, 0) is 63.1 Å². The molecule has 1 aromatic rings. The highest BCUT2D eigenvalue weighted by molar-refractivity contribution is 14.1. The minimum Gasteiger partial charge on any atom is -0.396 e. The second kappa shape index (κ2) is 5.82. The quantitative estimate of drug-likeness (QED) is 0.643. The van der Waals surface area contributed by atoms with Crippen molar-refractivity contribution < 1.29 is 5.11 Å². The van der Waals surface area contributed by atoms with Gasteiger partial charge in [-0.1, -0.05) is 0 Å². The topological polar surface area (TPSA) is 32.3 Å². The number of nitrogens with one attached hydrogen (secondary N) is 1. The molecule has 0 heterocycles. The fraction of sp³-hybridized carbons (Fsp3) is 0.333. The smallest absolute Gasteiger partial charge is 0.0485 e. The third kappa shape index (κ3) is 3.83. The summed E-state index contributed by atoms with van der Waals surface area (Å²) in [5.74, 6) is 0. The summed E-state index contributed by atoms with van der Waals surface area (Å²) in [6.45, 7) is 1.03. The van der Waals surface area contributed by atoms with Crippen LogP contribution in [0, 0.1) is 3.57 Å². The van der Waals surface area contributed by atoms with Crippen LogP contribution in [0.3, 0.4) is 0 Å². The number of benzene rings is 1. The van der Waals surface area contributed by atoms with Crippen LogP contribution in [0.15, 0.2) is 22.7 Å². The molecule has 72 valence electrons. The summed E-state index contributed by atoms with van der Waals surface area (Å²) in [6.07, 6.45) is 0.776. The summed E-state index contributed by atoms with van der Waals surface area (Å²) in [4.78, 5) is 0. The van der Waals surface area contributed by atoms with Crippen molar-refractivity contribution >= 4 is 44.2 Å². The molecule has 0 bridgehead atoms. The fourth-order valence-electron chi connectivity index (χ4n) is 0.935. The van der Waals surface area contributed by atoms with Crippen molar-refractivity contribution in [1.29, 1.82) is 0 Å². The van der Waals surface area contributed by atoms with E-state index in [-0.39, 0.29) is 6.61 Å². The summed E-state index contributed by atoms with van der Waals surface area (Å²) in [7, 11) is 0. The van der Waals surface area contributed by atoms with Crippen LogP contribution >= 0.6 is 38.5 Å². The maximum Gasteiger partial charge on any atom is 0.0485 e. The highest BCUT2D eigenvalue weighted by atomic mass is 127. The molecule has 2 N–H and O–H groups in total. The maximum absolute atomic E-state index is 8.60. The van der Waals surface area contributed by atoms with Gasteiger partial charge in [-0.15, -0.1) is 0 Å². The number of anilines is 1. The average molecular weight is 356 g/mol. The van der Waals surface area contributed by atoms with Crippen molar-refractivity contribution in [2.75, 3.05) is 18.5 Å². The molecule has 0 aliphatic heterocycles. The molecule has 0 unspecified atom stereocenters. The zero-order valence-electron chi connectivity index (χ0n) is 7.06. The number of halogens is 2. The van der Waals surface area contributed by atoms with Gasteiger partial charge in [0.2, 0.25) is 0 Å². The molecular formula is C9H11BrINO. The van der Waals surface area contributed by atoms with Crippen LogP contribution in [0.4, 0.5) is 5.69 Å². The Bertz CT molecular complexity index is 280. The van der Waals surface area contributed by atoms with Gasteiger partial charge < -0.3 is 10.4 Å². The van der Waals surface area contributed by atoms with Crippen LogP contribution in [0.5, 0.6) is 0 Å². The third-order valence-electron chi connectivity index (χ3n) is 1.58. The van der Waals surface area contributed by atoms with Gasteiger partial charge in [-0.25, -0.2) is 0 Å². The first-order valence-electron chi connectivity index (χ1n) is 4.04. The lowest BCUT2D eigenvalue weighted by molar-refractivity contribution is 0.292. The Labute approximate surface area is 100.0 Å². The lowest BCUT2D eigenvalue weighted by atomic mass is 10.3. The Morgan fingerprint density at radius 1 is 1.46 bits per heavy atom. The van der Waals surface area contributed by atoms with Crippen LogP contribution < -0.4 is 5.32 Å². The monoisotopic (exact) mass is 355 g/mol. The largest absolute Gasteiger partial charge is 0.396 e. The normalized spacial score (nSPS) is 10.1. The van der Waals surface area contributed by atoms with E-state index in [1.54, 1.807) is 0 Å². The first-order chi connectivity index (χ1) is 6.24. The fourth-order valence-corrected chi connectivity index (χ4v) is 2.37. The number of hydrogen-bond donors (Lipinski definition) is 2. The van der Waals surface area contributed by atoms with E-state index >= 15 is 0 Å². The molecule has 0 amide bonds. The Kier molecular flexibility index (Phi) is 5.05. The van der Waals surface area contributed by atoms with Crippen LogP contribution in [0.2, 0.25) is 0 Å². The summed E-state index contributed by atoms with van der Waals surface area (Å²) in [6, 6.07) is 6.14. The van der Waals surface area contributed by atoms with Crippen LogP contribution in [0.1, 0.15) is 6.42 Å². The van der Waals surface area contributed by atoms with E-state index in [1.807, 2.05) is 12.1 Å². The van der Waals surface area contributed by atoms with Crippen LogP contribution in [-0.2, 0) is 0 Å². The van der Waals surface area contributed by atoms with Gasteiger partial charge in [0.05, 0.1) is 0 Å². The zero-order valence-corrected chi connectivity index (χ0v) is 10.8. The van der Waals surface area contributed by atoms with E-state index in [0.717, 1.165) is 23.1 Å². The van der Waals surface area contributed by atoms with Crippen LogP contribution in [0.25, 0.3) is 0 Å². The minimum absolute atomic E-state index is 0.231. The number of aliphatic hydroxyl groups excluding tert-OH is 1. The van der Waals surface area contributed by atoms with E-state index < -0.39 is 0 Å². The van der Waals surface area contributed by atoms with Crippen molar-refractivity contribution in [3.05, 3.63) is 26.2 Å². The second-order valence-electron chi connectivity index (χ2n) is 2.63. The van der Waals surface area contributed by atoms with Crippen LogP contribution in [-0.4, -0.2) is 18.3 Å². The molecule has 0 spiro atoms. The van der Waals surface area contributed by atoms with Gasteiger partial charge in [-0.2, -0.15) is 0 Å². The summed E-state index contributed by atoms with van der Waals surface area (Å²) < 4.78 is 2.27. The molecule has 0 atom stereocenters. The molecule has 0 saturated carbocycles. The first kappa shape index (κ1) is 11.3. The van der Waals surface area contributed by atoms with Crippen molar-refractivity contribution in [1.82, 2.24) is 0 Å². The molecule has 13 heavy (non-hydrogen) atoms. The van der Waals surface area contributed by atoms with Gasteiger partial charge >= 0.3 is 0 Å². The standard InChI is InChI=1S/C9H11BrINO/c10-8-6-7(11)2-3-9(8)12-4-1-5-13/h2-3,6,12-13H,1,4-5H2. The molecule has 1 rings (SSSR count). The van der Waals surface area contributed by atoms with Crippen molar-refractivity contribution in [3.8, 4) is 0 Å². The Morgan fingerprint density at radius 2 is 2.23 bits per heavy atom. The predicted octanol–water partition coefficient (Wildman–Crippen LogP) is 2.85. The number of rotatable bonds is 4. The van der Waals surface area contributed by atoms with E-state index in [2.05, 4.69) is 49.9 Å².